The summed E-state index contributed by atoms with van der Waals surface area (Å²) in [5.74, 6) is 0.847. The summed E-state index contributed by atoms with van der Waals surface area (Å²) in [7, 11) is 0. The van der Waals surface area contributed by atoms with E-state index in [1.165, 1.54) is 12.4 Å². The van der Waals surface area contributed by atoms with Crippen molar-refractivity contribution in [3.63, 3.8) is 0 Å². The van der Waals surface area contributed by atoms with Gasteiger partial charge in [0.25, 0.3) is 5.91 Å². The molecule has 7 heteroatoms. The average Bonchev–Trinajstić information content (AvgIpc) is 2.71. The van der Waals surface area contributed by atoms with Gasteiger partial charge in [-0.1, -0.05) is 0 Å². The zero-order valence-electron chi connectivity index (χ0n) is 14.6. The summed E-state index contributed by atoms with van der Waals surface area (Å²) in [6.45, 7) is 2.54. The Hall–Kier alpha value is -3.92. The van der Waals surface area contributed by atoms with E-state index in [4.69, 9.17) is 10.00 Å². The Morgan fingerprint density at radius 2 is 1.67 bits per heavy atom. The largest absolute Gasteiger partial charge is 0.494 e. The highest BCUT2D eigenvalue weighted by Crippen LogP contribution is 2.18. The SMILES string of the molecule is CCOc1ccc(Nc2ncc(C(=O)Nc3ccc(C#N)cc3)cn2)cc1. The normalized spacial score (nSPS) is 9.93. The zero-order valence-corrected chi connectivity index (χ0v) is 14.6. The van der Waals surface area contributed by atoms with Crippen molar-refractivity contribution in [3.05, 3.63) is 72.1 Å². The van der Waals surface area contributed by atoms with Gasteiger partial charge in [0.15, 0.2) is 0 Å². The van der Waals surface area contributed by atoms with Crippen molar-refractivity contribution in [2.45, 2.75) is 6.92 Å². The number of hydrogen-bond acceptors (Lipinski definition) is 6. The van der Waals surface area contributed by atoms with Crippen LogP contribution in [0.15, 0.2) is 60.9 Å². The fourth-order valence-corrected chi connectivity index (χ4v) is 2.27. The average molecular weight is 359 g/mol. The Morgan fingerprint density at radius 1 is 1.04 bits per heavy atom. The number of hydrogen-bond donors (Lipinski definition) is 2. The maximum atomic E-state index is 12.2. The molecule has 2 N–H and O–H groups in total. The topological polar surface area (TPSA) is 99.9 Å². The molecule has 0 aliphatic heterocycles. The van der Waals surface area contributed by atoms with Gasteiger partial charge in [0.05, 0.1) is 23.8 Å². The highest BCUT2D eigenvalue weighted by molar-refractivity contribution is 6.03. The number of nitrogens with one attached hydrogen (secondary N) is 2. The van der Waals surface area contributed by atoms with Crippen LogP contribution in [0.1, 0.15) is 22.8 Å². The van der Waals surface area contributed by atoms with E-state index in [2.05, 4.69) is 20.6 Å². The van der Waals surface area contributed by atoms with Gasteiger partial charge in [-0.3, -0.25) is 4.79 Å². The molecule has 0 atom stereocenters. The number of nitrogens with zero attached hydrogens (tertiary/aromatic N) is 3. The van der Waals surface area contributed by atoms with Gasteiger partial charge < -0.3 is 15.4 Å². The molecule has 7 nitrogen and oxygen atoms in total. The molecule has 27 heavy (non-hydrogen) atoms. The van der Waals surface area contributed by atoms with Gasteiger partial charge in [0, 0.05) is 23.8 Å². The molecule has 0 radical (unpaired) electrons. The fraction of sp³-hybridized carbons (Fsp3) is 0.100. The molecule has 0 bridgehead atoms. The van der Waals surface area contributed by atoms with Gasteiger partial charge in [-0.15, -0.1) is 0 Å². The quantitative estimate of drug-likeness (QED) is 0.695. The van der Waals surface area contributed by atoms with Crippen molar-refractivity contribution in [1.29, 1.82) is 5.26 Å². The fourth-order valence-electron chi connectivity index (χ4n) is 2.27. The number of rotatable bonds is 6. The lowest BCUT2D eigenvalue weighted by atomic mass is 10.2. The van der Waals surface area contributed by atoms with E-state index < -0.39 is 0 Å². The second kappa shape index (κ2) is 8.45. The number of nitriles is 1. The van der Waals surface area contributed by atoms with E-state index in [0.717, 1.165) is 11.4 Å². The van der Waals surface area contributed by atoms with Crippen molar-refractivity contribution in [3.8, 4) is 11.8 Å². The monoisotopic (exact) mass is 359 g/mol. The first kappa shape index (κ1) is 17.9. The van der Waals surface area contributed by atoms with Crippen molar-refractivity contribution < 1.29 is 9.53 Å². The van der Waals surface area contributed by atoms with E-state index >= 15 is 0 Å². The highest BCUT2D eigenvalue weighted by atomic mass is 16.5. The van der Waals surface area contributed by atoms with Crippen molar-refractivity contribution in [2.75, 3.05) is 17.2 Å². The Bertz CT molecular complexity index is 946. The van der Waals surface area contributed by atoms with Crippen LogP contribution in [0.3, 0.4) is 0 Å². The summed E-state index contributed by atoms with van der Waals surface area (Å²) < 4.78 is 5.40. The smallest absolute Gasteiger partial charge is 0.258 e. The van der Waals surface area contributed by atoms with E-state index in [-0.39, 0.29) is 5.91 Å². The van der Waals surface area contributed by atoms with Crippen LogP contribution in [-0.2, 0) is 0 Å². The number of ether oxygens (including phenoxy) is 1. The third-order valence-corrected chi connectivity index (χ3v) is 3.61. The third-order valence-electron chi connectivity index (χ3n) is 3.61. The van der Waals surface area contributed by atoms with E-state index in [1.54, 1.807) is 24.3 Å². The lowest BCUT2D eigenvalue weighted by molar-refractivity contribution is 0.102. The number of benzene rings is 2. The molecule has 0 spiro atoms. The molecular formula is C20H17N5O2. The molecule has 0 unspecified atom stereocenters. The molecule has 3 aromatic rings. The molecule has 0 fully saturated rings. The summed E-state index contributed by atoms with van der Waals surface area (Å²) in [6, 6.07) is 16.1. The summed E-state index contributed by atoms with van der Waals surface area (Å²) in [5.41, 5.74) is 2.27. The molecular weight excluding hydrogens is 342 g/mol. The first-order valence-electron chi connectivity index (χ1n) is 8.31. The Kier molecular flexibility index (Phi) is 5.60. The van der Waals surface area contributed by atoms with Crippen LogP contribution < -0.4 is 15.4 Å². The standard InChI is InChI=1S/C20H17N5O2/c1-2-27-18-9-7-17(8-10-18)25-20-22-12-15(13-23-20)19(26)24-16-5-3-14(11-21)4-6-16/h3-10,12-13H,2H2,1H3,(H,24,26)(H,22,23,25). The van der Waals surface area contributed by atoms with Gasteiger partial charge in [0.2, 0.25) is 5.95 Å². The lowest BCUT2D eigenvalue weighted by Gasteiger charge is -2.08. The Labute approximate surface area is 156 Å². The minimum atomic E-state index is -0.327. The molecule has 1 heterocycles. The molecule has 134 valence electrons. The maximum absolute atomic E-state index is 12.2. The first-order valence-corrected chi connectivity index (χ1v) is 8.31. The van der Waals surface area contributed by atoms with Crippen LogP contribution in [0.2, 0.25) is 0 Å². The van der Waals surface area contributed by atoms with Crippen molar-refractivity contribution in [2.24, 2.45) is 0 Å². The van der Waals surface area contributed by atoms with Crippen LogP contribution >= 0.6 is 0 Å². The van der Waals surface area contributed by atoms with Gasteiger partial charge >= 0.3 is 0 Å². The van der Waals surface area contributed by atoms with Crippen molar-refractivity contribution >= 4 is 23.2 Å². The predicted molar refractivity (Wildman–Crippen MR) is 102 cm³/mol. The van der Waals surface area contributed by atoms with Crippen LogP contribution in [0.5, 0.6) is 5.75 Å². The summed E-state index contributed by atoms with van der Waals surface area (Å²) in [5, 5.41) is 14.6. The Balaban J connectivity index is 1.62. The number of aromatic nitrogens is 2. The minimum absolute atomic E-state index is 0.327. The second-order valence-corrected chi connectivity index (χ2v) is 5.52. The van der Waals surface area contributed by atoms with E-state index in [9.17, 15) is 4.79 Å². The molecule has 2 aromatic carbocycles. The third kappa shape index (κ3) is 4.80. The predicted octanol–water partition coefficient (Wildman–Crippen LogP) is 3.74. The number of carbonyl (C=O) groups is 1. The van der Waals surface area contributed by atoms with Crippen LogP contribution in [0.4, 0.5) is 17.3 Å². The highest BCUT2D eigenvalue weighted by Gasteiger charge is 2.08. The van der Waals surface area contributed by atoms with Gasteiger partial charge in [-0.25, -0.2) is 9.97 Å². The minimum Gasteiger partial charge on any atom is -0.494 e. The number of carbonyl (C=O) groups excluding carboxylic acids is 1. The molecule has 3 rings (SSSR count). The van der Waals surface area contributed by atoms with Gasteiger partial charge in [-0.05, 0) is 55.5 Å². The number of amides is 1. The van der Waals surface area contributed by atoms with Crippen LogP contribution in [-0.4, -0.2) is 22.5 Å². The lowest BCUT2D eigenvalue weighted by Crippen LogP contribution is -2.13. The van der Waals surface area contributed by atoms with Crippen LogP contribution in [0.25, 0.3) is 0 Å². The number of anilines is 3. The molecule has 0 aliphatic rings. The maximum Gasteiger partial charge on any atom is 0.258 e. The molecule has 0 saturated heterocycles. The van der Waals surface area contributed by atoms with Crippen LogP contribution in [0, 0.1) is 11.3 Å². The van der Waals surface area contributed by atoms with E-state index in [0.29, 0.717) is 29.4 Å². The molecule has 1 amide bonds. The molecule has 0 aliphatic carbocycles. The summed E-state index contributed by atoms with van der Waals surface area (Å²) in [6.07, 6.45) is 2.89. The van der Waals surface area contributed by atoms with Gasteiger partial charge in [-0.2, -0.15) is 5.26 Å². The van der Waals surface area contributed by atoms with Crippen molar-refractivity contribution in [1.82, 2.24) is 9.97 Å². The first-order chi connectivity index (χ1) is 13.2. The second-order valence-electron chi connectivity index (χ2n) is 5.52. The molecule has 0 saturated carbocycles. The van der Waals surface area contributed by atoms with Gasteiger partial charge in [0.1, 0.15) is 5.75 Å². The van der Waals surface area contributed by atoms with E-state index in [1.807, 2.05) is 37.3 Å². The molecule has 1 aromatic heterocycles. The zero-order chi connectivity index (χ0) is 19.1. The summed E-state index contributed by atoms with van der Waals surface area (Å²) >= 11 is 0. The Morgan fingerprint density at radius 3 is 2.26 bits per heavy atom. The summed E-state index contributed by atoms with van der Waals surface area (Å²) in [4.78, 5) is 20.6.